The summed E-state index contributed by atoms with van der Waals surface area (Å²) in [5.41, 5.74) is 2.03. The molecular weight excluding hydrogens is 366 g/mol. The molecule has 0 aromatic heterocycles. The van der Waals surface area contributed by atoms with Crippen molar-refractivity contribution in [3.8, 4) is 11.5 Å². The third-order valence-electron chi connectivity index (χ3n) is 5.91. The molecule has 0 bridgehead atoms. The van der Waals surface area contributed by atoms with E-state index in [4.69, 9.17) is 4.74 Å². The molecule has 6 nitrogen and oxygen atoms in total. The summed E-state index contributed by atoms with van der Waals surface area (Å²) in [6, 6.07) is 15.9. The van der Waals surface area contributed by atoms with Gasteiger partial charge in [-0.15, -0.1) is 0 Å². The normalized spacial score (nSPS) is 17.2. The number of nitrogens with zero attached hydrogens (tertiary/aromatic N) is 2. The Balaban J connectivity index is 1.32. The van der Waals surface area contributed by atoms with Crippen molar-refractivity contribution in [2.24, 2.45) is 0 Å². The van der Waals surface area contributed by atoms with Gasteiger partial charge in [0.25, 0.3) is 5.91 Å². The van der Waals surface area contributed by atoms with Crippen LogP contribution < -0.4 is 14.5 Å². The Morgan fingerprint density at radius 1 is 1.14 bits per heavy atom. The third-order valence-corrected chi connectivity index (χ3v) is 5.91. The zero-order valence-electron chi connectivity index (χ0n) is 17.0. The van der Waals surface area contributed by atoms with Crippen LogP contribution in [0.15, 0.2) is 48.5 Å². The van der Waals surface area contributed by atoms with Crippen molar-refractivity contribution in [1.82, 2.24) is 4.90 Å². The quantitative estimate of drug-likeness (QED) is 0.741. The summed E-state index contributed by atoms with van der Waals surface area (Å²) in [6.07, 6.45) is 2.22. The highest BCUT2D eigenvalue weighted by atomic mass is 16.5. The molecule has 0 radical (unpaired) electrons. The Labute approximate surface area is 172 Å². The molecule has 2 N–H and O–H groups in total. The number of benzene rings is 2. The molecule has 2 aliphatic rings. The van der Waals surface area contributed by atoms with Crippen LogP contribution in [0.2, 0.25) is 0 Å². The molecule has 6 heteroatoms. The van der Waals surface area contributed by atoms with Gasteiger partial charge in [-0.25, -0.2) is 0 Å². The van der Waals surface area contributed by atoms with E-state index in [-0.39, 0.29) is 5.91 Å². The topological polar surface area (TPSA) is 57.5 Å². The number of piperazine rings is 1. The third kappa shape index (κ3) is 4.82. The first-order valence-corrected chi connectivity index (χ1v) is 10.4. The van der Waals surface area contributed by atoms with Crippen LogP contribution in [0.4, 0.5) is 5.69 Å². The number of quaternary nitrogens is 1. The molecule has 29 heavy (non-hydrogen) atoms. The highest BCUT2D eigenvalue weighted by molar-refractivity contribution is 5.77. The summed E-state index contributed by atoms with van der Waals surface area (Å²) in [6.45, 7) is 4.72. The van der Waals surface area contributed by atoms with Gasteiger partial charge in [0.2, 0.25) is 0 Å². The molecule has 4 rings (SSSR count). The molecule has 1 saturated carbocycles. The number of hydrogen-bond donors (Lipinski definition) is 2. The summed E-state index contributed by atoms with van der Waals surface area (Å²) in [5, 5.41) is 10.1. The van der Waals surface area contributed by atoms with Crippen LogP contribution in [0.25, 0.3) is 0 Å². The number of nitrogens with one attached hydrogen (secondary N) is 1. The maximum Gasteiger partial charge on any atom is 0.278 e. The molecule has 0 unspecified atom stereocenters. The minimum Gasteiger partial charge on any atom is -0.506 e. The molecule has 1 heterocycles. The lowest BCUT2D eigenvalue weighted by atomic mass is 10.2. The lowest BCUT2D eigenvalue weighted by Gasteiger charge is -2.34. The number of ether oxygens (including phenoxy) is 1. The fourth-order valence-electron chi connectivity index (χ4n) is 4.02. The maximum absolute atomic E-state index is 13.1. The average Bonchev–Trinajstić information content (AvgIpc) is 3.58. The molecule has 0 atom stereocenters. The van der Waals surface area contributed by atoms with Crippen molar-refractivity contribution in [2.75, 3.05) is 44.7 Å². The lowest BCUT2D eigenvalue weighted by molar-refractivity contribution is -0.892. The van der Waals surface area contributed by atoms with Crippen LogP contribution >= 0.6 is 0 Å². The highest BCUT2D eigenvalue weighted by Gasteiger charge is 2.34. The van der Waals surface area contributed by atoms with Crippen molar-refractivity contribution in [3.63, 3.8) is 0 Å². The maximum atomic E-state index is 13.1. The summed E-state index contributed by atoms with van der Waals surface area (Å²) < 4.78 is 5.23. The van der Waals surface area contributed by atoms with Gasteiger partial charge in [-0.2, -0.15) is 0 Å². The number of anilines is 1. The number of amides is 1. The van der Waals surface area contributed by atoms with Gasteiger partial charge in [-0.3, -0.25) is 4.79 Å². The minimum atomic E-state index is 0.245. The summed E-state index contributed by atoms with van der Waals surface area (Å²) in [7, 11) is 1.66. The largest absolute Gasteiger partial charge is 0.506 e. The van der Waals surface area contributed by atoms with E-state index in [1.807, 2.05) is 42.5 Å². The predicted octanol–water partition coefficient (Wildman–Crippen LogP) is 1.30. The SMILES string of the molecule is COc1ccc(CN(C(=O)C[NH+]2CCN(c3ccccc3O)CC2)C2CC2)cc1. The van der Waals surface area contributed by atoms with E-state index in [0.29, 0.717) is 24.9 Å². The first-order valence-electron chi connectivity index (χ1n) is 10.4. The number of phenolic OH excluding ortho intramolecular Hbond substituents is 1. The smallest absolute Gasteiger partial charge is 0.278 e. The van der Waals surface area contributed by atoms with Gasteiger partial charge in [-0.05, 0) is 42.7 Å². The van der Waals surface area contributed by atoms with E-state index in [0.717, 1.165) is 56.0 Å². The van der Waals surface area contributed by atoms with Gasteiger partial charge in [0.15, 0.2) is 6.54 Å². The predicted molar refractivity (Wildman–Crippen MR) is 112 cm³/mol. The van der Waals surface area contributed by atoms with E-state index in [1.54, 1.807) is 13.2 Å². The monoisotopic (exact) mass is 396 g/mol. The first kappa shape index (κ1) is 19.6. The minimum absolute atomic E-state index is 0.245. The van der Waals surface area contributed by atoms with Crippen molar-refractivity contribution in [1.29, 1.82) is 0 Å². The van der Waals surface area contributed by atoms with Crippen molar-refractivity contribution in [3.05, 3.63) is 54.1 Å². The number of methoxy groups -OCH3 is 1. The summed E-state index contributed by atoms with van der Waals surface area (Å²) >= 11 is 0. The molecular formula is C23H30N3O3+. The molecule has 1 saturated heterocycles. The van der Waals surface area contributed by atoms with Gasteiger partial charge in [-0.1, -0.05) is 24.3 Å². The van der Waals surface area contributed by atoms with Gasteiger partial charge in [0.05, 0.1) is 39.0 Å². The van der Waals surface area contributed by atoms with Gasteiger partial charge in [0.1, 0.15) is 11.5 Å². The molecule has 1 aliphatic heterocycles. The summed E-state index contributed by atoms with van der Waals surface area (Å²) in [4.78, 5) is 18.6. The number of para-hydroxylation sites is 2. The lowest BCUT2D eigenvalue weighted by Crippen LogP contribution is -3.15. The fraction of sp³-hybridized carbons (Fsp3) is 0.435. The van der Waals surface area contributed by atoms with E-state index >= 15 is 0 Å². The molecule has 2 fully saturated rings. The number of rotatable bonds is 7. The van der Waals surface area contributed by atoms with Gasteiger partial charge < -0.3 is 24.5 Å². The molecule has 1 amide bonds. The van der Waals surface area contributed by atoms with Crippen LogP contribution in [-0.2, 0) is 11.3 Å². The van der Waals surface area contributed by atoms with Crippen LogP contribution in [-0.4, -0.2) is 61.8 Å². The molecule has 2 aromatic carbocycles. The van der Waals surface area contributed by atoms with Crippen molar-refractivity contribution < 1.29 is 19.5 Å². The Bertz CT molecular complexity index is 828. The zero-order chi connectivity index (χ0) is 20.2. The van der Waals surface area contributed by atoms with Gasteiger partial charge >= 0.3 is 0 Å². The number of carbonyl (C=O) groups is 1. The Morgan fingerprint density at radius 3 is 2.45 bits per heavy atom. The van der Waals surface area contributed by atoms with Crippen molar-refractivity contribution in [2.45, 2.75) is 25.4 Å². The Hall–Kier alpha value is -2.73. The summed E-state index contributed by atoms with van der Waals surface area (Å²) in [5.74, 6) is 1.41. The van der Waals surface area contributed by atoms with Crippen molar-refractivity contribution >= 4 is 11.6 Å². The Morgan fingerprint density at radius 2 is 1.83 bits per heavy atom. The van der Waals surface area contributed by atoms with Crippen LogP contribution in [0.3, 0.4) is 0 Å². The van der Waals surface area contributed by atoms with E-state index in [1.165, 1.54) is 4.90 Å². The van der Waals surface area contributed by atoms with Crippen LogP contribution in [0.5, 0.6) is 11.5 Å². The molecule has 154 valence electrons. The number of aromatic hydroxyl groups is 1. The average molecular weight is 397 g/mol. The second-order valence-electron chi connectivity index (χ2n) is 8.00. The fourth-order valence-corrected chi connectivity index (χ4v) is 4.02. The highest BCUT2D eigenvalue weighted by Crippen LogP contribution is 2.29. The Kier molecular flexibility index (Phi) is 5.90. The number of carbonyl (C=O) groups excluding carboxylic acids is 1. The first-order chi connectivity index (χ1) is 14.1. The van der Waals surface area contributed by atoms with Crippen LogP contribution in [0, 0.1) is 0 Å². The second-order valence-corrected chi connectivity index (χ2v) is 8.00. The van der Waals surface area contributed by atoms with E-state index in [9.17, 15) is 9.90 Å². The van der Waals surface area contributed by atoms with E-state index in [2.05, 4.69) is 9.80 Å². The van der Waals surface area contributed by atoms with E-state index < -0.39 is 0 Å². The zero-order valence-corrected chi connectivity index (χ0v) is 17.0. The number of phenols is 1. The second kappa shape index (κ2) is 8.74. The van der Waals surface area contributed by atoms with Gasteiger partial charge in [0, 0.05) is 12.6 Å². The molecule has 2 aromatic rings. The van der Waals surface area contributed by atoms with Crippen LogP contribution in [0.1, 0.15) is 18.4 Å². The number of hydrogen-bond acceptors (Lipinski definition) is 4. The molecule has 0 spiro atoms. The molecule has 1 aliphatic carbocycles. The standard InChI is InChI=1S/C23H29N3O3/c1-29-20-10-6-18(7-11-20)16-26(19-8-9-19)23(28)17-24-12-14-25(15-13-24)21-4-2-3-5-22(21)27/h2-7,10-11,19,27H,8-9,12-17H2,1H3/p+1.